The molecule has 5 nitrogen and oxygen atoms in total. The lowest BCUT2D eigenvalue weighted by atomic mass is 10.00. The van der Waals surface area contributed by atoms with E-state index in [0.717, 1.165) is 21.6 Å². The van der Waals surface area contributed by atoms with Gasteiger partial charge in [0.05, 0.1) is 10.7 Å². The second-order valence-electron chi connectivity index (χ2n) is 7.59. The lowest BCUT2D eigenvalue weighted by molar-refractivity contribution is -0.141. The average Bonchev–Trinajstić information content (AvgIpc) is 3.11. The molecule has 0 aliphatic carbocycles. The lowest BCUT2D eigenvalue weighted by Crippen LogP contribution is -2.38. The van der Waals surface area contributed by atoms with E-state index < -0.39 is 23.7 Å². The topological polar surface area (TPSA) is 66.9 Å². The molecule has 33 heavy (non-hydrogen) atoms. The van der Waals surface area contributed by atoms with Crippen molar-refractivity contribution in [2.75, 3.05) is 7.05 Å². The number of pyridine rings is 1. The van der Waals surface area contributed by atoms with Gasteiger partial charge in [-0.1, -0.05) is 18.2 Å². The summed E-state index contributed by atoms with van der Waals surface area (Å²) in [7, 11) is 1.52. The number of halogens is 4. The highest BCUT2D eigenvalue weighted by atomic mass is 32.1. The second kappa shape index (κ2) is 10.4. The number of aromatic nitrogens is 2. The highest BCUT2D eigenvalue weighted by Crippen LogP contribution is 2.32. The summed E-state index contributed by atoms with van der Waals surface area (Å²) >= 11 is 1.49. The number of nitrogens with zero attached hydrogens (tertiary/aromatic N) is 2. The zero-order chi connectivity index (χ0) is 24.2. The molecule has 0 fully saturated rings. The van der Waals surface area contributed by atoms with Crippen molar-refractivity contribution < 1.29 is 22.4 Å². The molecule has 1 aromatic carbocycles. The SMILES string of the molecule is CNC(=O)[C@H](N[C@@H](CCc1ccc(C(F)(F)F)nc1)c1sc(C)nc1C)c1ccc(F)cc1. The van der Waals surface area contributed by atoms with Crippen LogP contribution >= 0.6 is 11.3 Å². The predicted octanol–water partition coefficient (Wildman–Crippen LogP) is 5.06. The largest absolute Gasteiger partial charge is 0.433 e. The third kappa shape index (κ3) is 6.35. The number of hydrogen-bond donors (Lipinski definition) is 2. The van der Waals surface area contributed by atoms with Crippen LogP contribution in [-0.4, -0.2) is 22.9 Å². The number of carbonyl (C=O) groups is 1. The molecule has 0 saturated carbocycles. The maximum atomic E-state index is 13.4. The van der Waals surface area contributed by atoms with E-state index in [-0.39, 0.29) is 11.9 Å². The Kier molecular flexibility index (Phi) is 7.80. The summed E-state index contributed by atoms with van der Waals surface area (Å²) in [5, 5.41) is 6.84. The number of aryl methyl sites for hydroxylation is 3. The third-order valence-electron chi connectivity index (χ3n) is 5.17. The van der Waals surface area contributed by atoms with Crippen molar-refractivity contribution in [3.05, 3.63) is 80.8 Å². The highest BCUT2D eigenvalue weighted by Gasteiger charge is 2.32. The number of nitrogens with one attached hydrogen (secondary N) is 2. The number of hydrogen-bond acceptors (Lipinski definition) is 5. The maximum Gasteiger partial charge on any atom is 0.433 e. The number of amides is 1. The van der Waals surface area contributed by atoms with Crippen LogP contribution in [0.2, 0.25) is 0 Å². The Morgan fingerprint density at radius 1 is 1.12 bits per heavy atom. The molecule has 0 unspecified atom stereocenters. The number of alkyl halides is 3. The van der Waals surface area contributed by atoms with Crippen molar-refractivity contribution in [1.82, 2.24) is 20.6 Å². The standard InChI is InChI=1S/C23H24F4N4OS/c1-13-21(33-14(2)30-13)18(10-4-15-5-11-19(29-12-15)23(25,26)27)31-20(22(32)28-3)16-6-8-17(24)9-7-16/h5-9,11-12,18,20,31H,4,10H2,1-3H3,(H,28,32)/t18-,20+/m0/s1. The summed E-state index contributed by atoms with van der Waals surface area (Å²) in [6.45, 7) is 3.76. The lowest BCUT2D eigenvalue weighted by Gasteiger charge is -2.25. The summed E-state index contributed by atoms with van der Waals surface area (Å²) in [4.78, 5) is 21.6. The molecule has 0 aliphatic rings. The molecule has 0 aliphatic heterocycles. The van der Waals surface area contributed by atoms with Crippen molar-refractivity contribution in [3.8, 4) is 0 Å². The molecule has 10 heteroatoms. The maximum absolute atomic E-state index is 13.4. The van der Waals surface area contributed by atoms with Crippen LogP contribution in [-0.2, 0) is 17.4 Å². The van der Waals surface area contributed by atoms with Gasteiger partial charge in [0.2, 0.25) is 5.91 Å². The molecule has 0 spiro atoms. The van der Waals surface area contributed by atoms with Crippen LogP contribution in [0.15, 0.2) is 42.6 Å². The Bertz CT molecular complexity index is 1080. The number of benzene rings is 1. The Balaban J connectivity index is 1.86. The molecular weight excluding hydrogens is 456 g/mol. The van der Waals surface area contributed by atoms with Gasteiger partial charge < -0.3 is 5.32 Å². The minimum absolute atomic E-state index is 0.290. The molecule has 3 aromatic rings. The van der Waals surface area contributed by atoms with Gasteiger partial charge in [-0.05, 0) is 56.0 Å². The van der Waals surface area contributed by atoms with Crippen LogP contribution in [0.5, 0.6) is 0 Å². The Morgan fingerprint density at radius 3 is 2.33 bits per heavy atom. The first kappa shape index (κ1) is 24.8. The fourth-order valence-electron chi connectivity index (χ4n) is 3.54. The summed E-state index contributed by atoms with van der Waals surface area (Å²) in [5.74, 6) is -0.698. The first-order chi connectivity index (χ1) is 15.6. The van der Waals surface area contributed by atoms with Crippen molar-refractivity contribution in [1.29, 1.82) is 0 Å². The molecule has 2 heterocycles. The molecule has 3 rings (SSSR count). The fourth-order valence-corrected chi connectivity index (χ4v) is 4.56. The average molecular weight is 481 g/mol. The van der Waals surface area contributed by atoms with Gasteiger partial charge in [0.1, 0.15) is 17.6 Å². The Labute approximate surface area is 193 Å². The van der Waals surface area contributed by atoms with E-state index in [9.17, 15) is 22.4 Å². The fraction of sp³-hybridized carbons (Fsp3) is 0.348. The van der Waals surface area contributed by atoms with Crippen LogP contribution < -0.4 is 10.6 Å². The van der Waals surface area contributed by atoms with Crippen molar-refractivity contribution in [2.24, 2.45) is 0 Å². The smallest absolute Gasteiger partial charge is 0.358 e. The molecule has 2 N–H and O–H groups in total. The minimum atomic E-state index is -4.49. The normalized spacial score (nSPS) is 13.5. The zero-order valence-corrected chi connectivity index (χ0v) is 19.1. The first-order valence-corrected chi connectivity index (χ1v) is 11.1. The molecule has 0 bridgehead atoms. The molecule has 0 radical (unpaired) electrons. The molecule has 0 saturated heterocycles. The van der Waals surface area contributed by atoms with E-state index in [1.807, 2.05) is 13.8 Å². The Hall–Kier alpha value is -2.85. The highest BCUT2D eigenvalue weighted by molar-refractivity contribution is 7.11. The van der Waals surface area contributed by atoms with Crippen LogP contribution in [0, 0.1) is 19.7 Å². The Morgan fingerprint density at radius 2 is 1.82 bits per heavy atom. The van der Waals surface area contributed by atoms with Gasteiger partial charge in [0, 0.05) is 24.2 Å². The van der Waals surface area contributed by atoms with E-state index in [1.165, 1.54) is 42.8 Å². The summed E-state index contributed by atoms with van der Waals surface area (Å²) in [6.07, 6.45) is -2.34. The van der Waals surface area contributed by atoms with Crippen molar-refractivity contribution in [3.63, 3.8) is 0 Å². The third-order valence-corrected chi connectivity index (χ3v) is 6.36. The number of rotatable bonds is 8. The van der Waals surface area contributed by atoms with Gasteiger partial charge in [0.15, 0.2) is 0 Å². The van der Waals surface area contributed by atoms with Gasteiger partial charge in [-0.3, -0.25) is 15.1 Å². The summed E-state index contributed by atoms with van der Waals surface area (Å²) < 4.78 is 51.8. The summed E-state index contributed by atoms with van der Waals surface area (Å²) in [6, 6.07) is 6.97. The van der Waals surface area contributed by atoms with Gasteiger partial charge in [-0.2, -0.15) is 13.2 Å². The van der Waals surface area contributed by atoms with Crippen molar-refractivity contribution in [2.45, 2.75) is 44.9 Å². The number of thiazole rings is 1. The van der Waals surface area contributed by atoms with E-state index in [0.29, 0.717) is 24.0 Å². The van der Waals surface area contributed by atoms with Gasteiger partial charge in [-0.15, -0.1) is 11.3 Å². The van der Waals surface area contributed by atoms with E-state index in [1.54, 1.807) is 12.1 Å². The number of likely N-dealkylation sites (N-methyl/N-ethyl adjacent to an activating group) is 1. The van der Waals surface area contributed by atoms with Crippen LogP contribution in [0.3, 0.4) is 0 Å². The zero-order valence-electron chi connectivity index (χ0n) is 18.3. The predicted molar refractivity (Wildman–Crippen MR) is 118 cm³/mol. The van der Waals surface area contributed by atoms with Gasteiger partial charge in [-0.25, -0.2) is 9.37 Å². The molecular formula is C23H24F4N4OS. The summed E-state index contributed by atoms with van der Waals surface area (Å²) in [5.41, 5.74) is 1.11. The molecule has 2 atom stereocenters. The molecule has 176 valence electrons. The quantitative estimate of drug-likeness (QED) is 0.442. The van der Waals surface area contributed by atoms with E-state index >= 15 is 0 Å². The first-order valence-electron chi connectivity index (χ1n) is 10.3. The van der Waals surface area contributed by atoms with Gasteiger partial charge in [0.25, 0.3) is 0 Å². The monoisotopic (exact) mass is 480 g/mol. The van der Waals surface area contributed by atoms with E-state index in [2.05, 4.69) is 20.6 Å². The minimum Gasteiger partial charge on any atom is -0.358 e. The second-order valence-corrected chi connectivity index (χ2v) is 8.82. The molecule has 1 amide bonds. The van der Waals surface area contributed by atoms with Crippen LogP contribution in [0.1, 0.15) is 50.9 Å². The van der Waals surface area contributed by atoms with Crippen LogP contribution in [0.4, 0.5) is 17.6 Å². The van der Waals surface area contributed by atoms with E-state index in [4.69, 9.17) is 0 Å². The van der Waals surface area contributed by atoms with Gasteiger partial charge >= 0.3 is 6.18 Å². The van der Waals surface area contributed by atoms with Crippen molar-refractivity contribution >= 4 is 17.2 Å². The number of carbonyl (C=O) groups excluding carboxylic acids is 1. The molecule has 2 aromatic heterocycles. The van der Waals surface area contributed by atoms with Crippen LogP contribution in [0.25, 0.3) is 0 Å².